The van der Waals surface area contributed by atoms with E-state index < -0.39 is 11.9 Å². The van der Waals surface area contributed by atoms with E-state index in [0.29, 0.717) is 5.56 Å². The molecule has 0 aliphatic heterocycles. The summed E-state index contributed by atoms with van der Waals surface area (Å²) in [5.74, 6) is -0.832. The lowest BCUT2D eigenvalue weighted by Crippen LogP contribution is -2.17. The van der Waals surface area contributed by atoms with Crippen LogP contribution in [0.15, 0.2) is 24.8 Å². The molecule has 0 aliphatic rings. The van der Waals surface area contributed by atoms with E-state index in [0.717, 1.165) is 0 Å². The van der Waals surface area contributed by atoms with Crippen LogP contribution in [0.25, 0.3) is 6.08 Å². The molecule has 0 saturated heterocycles. The van der Waals surface area contributed by atoms with Crippen molar-refractivity contribution in [3.63, 3.8) is 0 Å². The first-order valence-corrected chi connectivity index (χ1v) is 3.53. The number of carbonyl (C=O) groups is 1. The van der Waals surface area contributed by atoms with E-state index in [9.17, 15) is 9.18 Å². The first-order chi connectivity index (χ1) is 6.15. The van der Waals surface area contributed by atoms with Gasteiger partial charge in [-0.3, -0.25) is 0 Å². The van der Waals surface area contributed by atoms with Gasteiger partial charge in [-0.25, -0.2) is 9.18 Å². The van der Waals surface area contributed by atoms with Gasteiger partial charge >= 0.3 is 6.09 Å². The van der Waals surface area contributed by atoms with Gasteiger partial charge in [0.05, 0.1) is 0 Å². The van der Waals surface area contributed by atoms with Crippen LogP contribution in [0.1, 0.15) is 5.56 Å². The standard InChI is InChI=1S/C9H8FNO2/c1-2-6-4-3-5-7(10)8(6)13-9(11)12/h2-5H,1H2,(H2,11,12). The van der Waals surface area contributed by atoms with Crippen LogP contribution in [0, 0.1) is 5.82 Å². The molecule has 1 rings (SSSR count). The van der Waals surface area contributed by atoms with E-state index in [2.05, 4.69) is 11.3 Å². The minimum atomic E-state index is -1.05. The van der Waals surface area contributed by atoms with Crippen molar-refractivity contribution >= 4 is 12.2 Å². The molecule has 0 spiro atoms. The van der Waals surface area contributed by atoms with E-state index in [1.807, 2.05) is 0 Å². The Morgan fingerprint density at radius 3 is 2.85 bits per heavy atom. The van der Waals surface area contributed by atoms with Crippen molar-refractivity contribution in [3.8, 4) is 5.75 Å². The number of halogens is 1. The van der Waals surface area contributed by atoms with Crippen molar-refractivity contribution in [2.45, 2.75) is 0 Å². The highest BCUT2D eigenvalue weighted by molar-refractivity contribution is 5.70. The molecule has 1 aromatic carbocycles. The van der Waals surface area contributed by atoms with Gasteiger partial charge in [-0.05, 0) is 6.07 Å². The smallest absolute Gasteiger partial charge is 0.407 e. The van der Waals surface area contributed by atoms with E-state index in [4.69, 9.17) is 5.73 Å². The van der Waals surface area contributed by atoms with E-state index in [1.54, 1.807) is 6.07 Å². The highest BCUT2D eigenvalue weighted by atomic mass is 19.1. The molecule has 0 bridgehead atoms. The number of benzene rings is 1. The summed E-state index contributed by atoms with van der Waals surface area (Å²) in [4.78, 5) is 10.4. The molecule has 68 valence electrons. The molecule has 1 aromatic rings. The lowest BCUT2D eigenvalue weighted by Gasteiger charge is -2.05. The summed E-state index contributed by atoms with van der Waals surface area (Å²) >= 11 is 0. The Kier molecular flexibility index (Phi) is 2.64. The third-order valence-corrected chi connectivity index (χ3v) is 1.42. The second-order valence-electron chi connectivity index (χ2n) is 2.28. The predicted octanol–water partition coefficient (Wildman–Crippen LogP) is 1.93. The number of nitrogens with two attached hydrogens (primary N) is 1. The molecule has 13 heavy (non-hydrogen) atoms. The van der Waals surface area contributed by atoms with Gasteiger partial charge < -0.3 is 10.5 Å². The van der Waals surface area contributed by atoms with Crippen LogP contribution in [-0.4, -0.2) is 6.09 Å². The third kappa shape index (κ3) is 2.05. The average molecular weight is 181 g/mol. The normalized spacial score (nSPS) is 9.31. The second kappa shape index (κ2) is 3.71. The number of hydrogen-bond donors (Lipinski definition) is 1. The van der Waals surface area contributed by atoms with Crippen molar-refractivity contribution in [2.75, 3.05) is 0 Å². The minimum Gasteiger partial charge on any atom is -0.407 e. The number of primary amides is 1. The Labute approximate surface area is 74.6 Å². The Morgan fingerprint density at radius 1 is 1.62 bits per heavy atom. The van der Waals surface area contributed by atoms with Crippen molar-refractivity contribution in [3.05, 3.63) is 36.2 Å². The molecule has 0 aliphatic carbocycles. The first kappa shape index (κ1) is 9.25. The molecule has 0 aromatic heterocycles. The van der Waals surface area contributed by atoms with E-state index >= 15 is 0 Å². The number of amides is 1. The summed E-state index contributed by atoms with van der Waals surface area (Å²) in [6.07, 6.45) is 0.328. The van der Waals surface area contributed by atoms with Crippen LogP contribution >= 0.6 is 0 Å². The summed E-state index contributed by atoms with van der Waals surface area (Å²) in [7, 11) is 0. The number of carbonyl (C=O) groups excluding carboxylic acids is 1. The monoisotopic (exact) mass is 181 g/mol. The third-order valence-electron chi connectivity index (χ3n) is 1.42. The maximum Gasteiger partial charge on any atom is 0.410 e. The van der Waals surface area contributed by atoms with Crippen molar-refractivity contribution in [1.82, 2.24) is 0 Å². The van der Waals surface area contributed by atoms with E-state index in [-0.39, 0.29) is 5.75 Å². The van der Waals surface area contributed by atoms with Gasteiger partial charge in [0.25, 0.3) is 0 Å². The van der Waals surface area contributed by atoms with Gasteiger partial charge in [0.1, 0.15) is 0 Å². The van der Waals surface area contributed by atoms with Gasteiger partial charge in [0.2, 0.25) is 0 Å². The molecule has 0 atom stereocenters. The van der Waals surface area contributed by atoms with Gasteiger partial charge in [-0.2, -0.15) is 0 Å². The number of para-hydroxylation sites is 1. The Hall–Kier alpha value is -1.84. The van der Waals surface area contributed by atoms with Crippen LogP contribution < -0.4 is 10.5 Å². The van der Waals surface area contributed by atoms with Crippen molar-refractivity contribution in [2.24, 2.45) is 5.73 Å². The van der Waals surface area contributed by atoms with Crippen molar-refractivity contribution in [1.29, 1.82) is 0 Å². The molecule has 2 N–H and O–H groups in total. The highest BCUT2D eigenvalue weighted by Gasteiger charge is 2.09. The SMILES string of the molecule is C=Cc1cccc(F)c1OC(N)=O. The Balaban J connectivity index is 3.14. The second-order valence-corrected chi connectivity index (χ2v) is 2.28. The van der Waals surface area contributed by atoms with Crippen LogP contribution in [0.5, 0.6) is 5.75 Å². The summed E-state index contributed by atoms with van der Waals surface area (Å²) in [5, 5.41) is 0. The maximum absolute atomic E-state index is 13.0. The summed E-state index contributed by atoms with van der Waals surface area (Å²) in [5.41, 5.74) is 5.14. The van der Waals surface area contributed by atoms with Gasteiger partial charge in [-0.1, -0.05) is 24.8 Å². The average Bonchev–Trinajstić information content (AvgIpc) is 2.08. The van der Waals surface area contributed by atoms with Gasteiger partial charge in [0.15, 0.2) is 11.6 Å². The molecular weight excluding hydrogens is 173 g/mol. The van der Waals surface area contributed by atoms with Gasteiger partial charge in [-0.15, -0.1) is 0 Å². The zero-order valence-electron chi connectivity index (χ0n) is 6.79. The van der Waals surface area contributed by atoms with Crippen molar-refractivity contribution < 1.29 is 13.9 Å². The zero-order valence-corrected chi connectivity index (χ0v) is 6.79. The summed E-state index contributed by atoms with van der Waals surface area (Å²) in [6, 6.07) is 4.22. The Bertz CT molecular complexity index is 349. The van der Waals surface area contributed by atoms with Crippen LogP contribution in [-0.2, 0) is 0 Å². The van der Waals surface area contributed by atoms with Crippen LogP contribution in [0.3, 0.4) is 0 Å². The van der Waals surface area contributed by atoms with E-state index in [1.165, 1.54) is 18.2 Å². The predicted molar refractivity (Wildman–Crippen MR) is 46.7 cm³/mol. The number of ether oxygens (including phenoxy) is 1. The Morgan fingerprint density at radius 2 is 2.31 bits per heavy atom. The molecule has 3 nitrogen and oxygen atoms in total. The molecule has 0 heterocycles. The van der Waals surface area contributed by atoms with Crippen LogP contribution in [0.4, 0.5) is 9.18 Å². The fraction of sp³-hybridized carbons (Fsp3) is 0. The fourth-order valence-corrected chi connectivity index (χ4v) is 0.895. The number of hydrogen-bond acceptors (Lipinski definition) is 2. The molecule has 0 radical (unpaired) electrons. The zero-order chi connectivity index (χ0) is 9.84. The molecule has 0 unspecified atom stereocenters. The quantitative estimate of drug-likeness (QED) is 0.757. The fourth-order valence-electron chi connectivity index (χ4n) is 0.895. The minimum absolute atomic E-state index is 0.190. The molecule has 4 heteroatoms. The largest absolute Gasteiger partial charge is 0.410 e. The van der Waals surface area contributed by atoms with Crippen LogP contribution in [0.2, 0.25) is 0 Å². The molecular formula is C9H8FNO2. The van der Waals surface area contributed by atoms with Gasteiger partial charge in [0, 0.05) is 5.56 Å². The number of rotatable bonds is 2. The molecule has 0 saturated carbocycles. The summed E-state index contributed by atoms with van der Waals surface area (Å²) in [6.45, 7) is 3.44. The maximum atomic E-state index is 13.0. The summed E-state index contributed by atoms with van der Waals surface area (Å²) < 4.78 is 17.5. The highest BCUT2D eigenvalue weighted by Crippen LogP contribution is 2.23. The first-order valence-electron chi connectivity index (χ1n) is 3.53. The molecule has 0 fully saturated rings. The molecule has 1 amide bonds. The topological polar surface area (TPSA) is 52.3 Å². The lowest BCUT2D eigenvalue weighted by atomic mass is 10.2. The lowest BCUT2D eigenvalue weighted by molar-refractivity contribution is 0.208.